The van der Waals surface area contributed by atoms with Crippen molar-refractivity contribution >= 4 is 5.97 Å². The molecule has 1 atom stereocenters. The third kappa shape index (κ3) is 3.29. The highest BCUT2D eigenvalue weighted by Crippen LogP contribution is 2.40. The van der Waals surface area contributed by atoms with Gasteiger partial charge in [-0.25, -0.2) is 14.8 Å². The van der Waals surface area contributed by atoms with E-state index in [1.54, 1.807) is 13.1 Å². The van der Waals surface area contributed by atoms with E-state index in [9.17, 15) is 4.79 Å². The highest BCUT2D eigenvalue weighted by atomic mass is 16.5. The molecule has 2 rings (SSSR count). The molecule has 5 heteroatoms. The molecule has 0 radical (unpaired) electrons. The maximum Gasteiger partial charge on any atom is 0.341 e. The number of aromatic nitrogens is 2. The lowest BCUT2D eigenvalue weighted by Gasteiger charge is -2.13. The van der Waals surface area contributed by atoms with Crippen molar-refractivity contribution in [2.75, 3.05) is 13.2 Å². The molecule has 0 aliphatic heterocycles. The summed E-state index contributed by atoms with van der Waals surface area (Å²) in [6.45, 7) is 6.62. The number of esters is 1. The maximum atomic E-state index is 11.9. The molecule has 1 aliphatic rings. The van der Waals surface area contributed by atoms with Gasteiger partial charge >= 0.3 is 5.97 Å². The van der Waals surface area contributed by atoms with Gasteiger partial charge in [-0.3, -0.25) is 0 Å². The fraction of sp³-hybridized carbons (Fsp3) is 0.643. The summed E-state index contributed by atoms with van der Waals surface area (Å²) >= 11 is 0. The summed E-state index contributed by atoms with van der Waals surface area (Å²) in [4.78, 5) is 20.6. The summed E-state index contributed by atoms with van der Waals surface area (Å²) < 4.78 is 10.5. The van der Waals surface area contributed by atoms with Crippen LogP contribution in [0.5, 0.6) is 0 Å². The highest BCUT2D eigenvalue weighted by Gasteiger charge is 2.31. The lowest BCUT2D eigenvalue weighted by Crippen LogP contribution is -2.14. The van der Waals surface area contributed by atoms with Crippen molar-refractivity contribution in [1.29, 1.82) is 0 Å². The van der Waals surface area contributed by atoms with Gasteiger partial charge in [0.2, 0.25) is 0 Å². The van der Waals surface area contributed by atoms with E-state index in [1.165, 1.54) is 0 Å². The van der Waals surface area contributed by atoms with Gasteiger partial charge in [-0.2, -0.15) is 0 Å². The fourth-order valence-corrected chi connectivity index (χ4v) is 1.96. The van der Waals surface area contributed by atoms with Crippen LogP contribution in [0.4, 0.5) is 0 Å². The third-order valence-corrected chi connectivity index (χ3v) is 3.08. The first kappa shape index (κ1) is 13.9. The minimum absolute atomic E-state index is 0.154. The molecule has 104 valence electrons. The van der Waals surface area contributed by atoms with Crippen LogP contribution in [-0.4, -0.2) is 29.2 Å². The number of ether oxygens (including phenoxy) is 2. The van der Waals surface area contributed by atoms with E-state index < -0.39 is 0 Å². The summed E-state index contributed by atoms with van der Waals surface area (Å²) in [5, 5.41) is 0. The minimum atomic E-state index is -0.333. The Morgan fingerprint density at radius 3 is 2.74 bits per heavy atom. The number of hydrogen-bond donors (Lipinski definition) is 0. The van der Waals surface area contributed by atoms with Gasteiger partial charge in [0, 0.05) is 18.7 Å². The number of hydrogen-bond acceptors (Lipinski definition) is 5. The van der Waals surface area contributed by atoms with Crippen molar-refractivity contribution in [2.45, 2.75) is 45.6 Å². The Hall–Kier alpha value is -1.49. The van der Waals surface area contributed by atoms with Gasteiger partial charge in [-0.15, -0.1) is 0 Å². The predicted molar refractivity (Wildman–Crippen MR) is 70.0 cm³/mol. The zero-order valence-electron chi connectivity index (χ0n) is 11.7. The first-order valence-electron chi connectivity index (χ1n) is 6.82. The number of nitrogens with zero attached hydrogens (tertiary/aromatic N) is 2. The lowest BCUT2D eigenvalue weighted by molar-refractivity contribution is 0.0520. The summed E-state index contributed by atoms with van der Waals surface area (Å²) in [5.74, 6) is 0.673. The highest BCUT2D eigenvalue weighted by molar-refractivity contribution is 5.90. The Bertz CT molecular complexity index is 458. The van der Waals surface area contributed by atoms with Crippen LogP contribution >= 0.6 is 0 Å². The molecule has 0 amide bonds. The number of carbonyl (C=O) groups is 1. The lowest BCUT2D eigenvalue weighted by atomic mass is 10.1. The van der Waals surface area contributed by atoms with Crippen LogP contribution < -0.4 is 0 Å². The SMILES string of the molecule is CCOC(=O)c1cnc(C(C)OCC)nc1C1CC1. The van der Waals surface area contributed by atoms with E-state index in [0.29, 0.717) is 30.5 Å². The zero-order chi connectivity index (χ0) is 13.8. The molecule has 1 aromatic heterocycles. The molecule has 1 fully saturated rings. The molecule has 0 aromatic carbocycles. The molecule has 1 heterocycles. The molecule has 19 heavy (non-hydrogen) atoms. The fourth-order valence-electron chi connectivity index (χ4n) is 1.96. The minimum Gasteiger partial charge on any atom is -0.462 e. The van der Waals surface area contributed by atoms with Crippen molar-refractivity contribution in [3.8, 4) is 0 Å². The average Bonchev–Trinajstić information content (AvgIpc) is 3.23. The maximum absolute atomic E-state index is 11.9. The van der Waals surface area contributed by atoms with Crippen molar-refractivity contribution in [1.82, 2.24) is 9.97 Å². The molecule has 1 unspecified atom stereocenters. The monoisotopic (exact) mass is 264 g/mol. The second-order valence-corrected chi connectivity index (χ2v) is 4.62. The van der Waals surface area contributed by atoms with Crippen LogP contribution in [0.1, 0.15) is 67.5 Å². The molecule has 0 bridgehead atoms. The van der Waals surface area contributed by atoms with Crippen molar-refractivity contribution < 1.29 is 14.3 Å². The Morgan fingerprint density at radius 2 is 2.16 bits per heavy atom. The molecule has 0 spiro atoms. The van der Waals surface area contributed by atoms with Crippen LogP contribution in [0.15, 0.2) is 6.20 Å². The van der Waals surface area contributed by atoms with Crippen molar-refractivity contribution in [3.05, 3.63) is 23.3 Å². The molecule has 1 aromatic rings. The first-order valence-corrected chi connectivity index (χ1v) is 6.82. The molecule has 0 saturated heterocycles. The van der Waals surface area contributed by atoms with E-state index in [2.05, 4.69) is 9.97 Å². The predicted octanol–water partition coefficient (Wildman–Crippen LogP) is 2.63. The van der Waals surface area contributed by atoms with Crippen LogP contribution in [0.25, 0.3) is 0 Å². The van der Waals surface area contributed by atoms with Gasteiger partial charge < -0.3 is 9.47 Å². The van der Waals surface area contributed by atoms with Crippen molar-refractivity contribution in [3.63, 3.8) is 0 Å². The molecular formula is C14H20N2O3. The smallest absolute Gasteiger partial charge is 0.341 e. The molecule has 0 N–H and O–H groups in total. The van der Waals surface area contributed by atoms with Gasteiger partial charge in [0.15, 0.2) is 5.82 Å². The summed E-state index contributed by atoms with van der Waals surface area (Å²) in [6.07, 6.45) is 3.57. The molecule has 5 nitrogen and oxygen atoms in total. The number of carbonyl (C=O) groups excluding carboxylic acids is 1. The molecule has 1 saturated carbocycles. The third-order valence-electron chi connectivity index (χ3n) is 3.08. The van der Waals surface area contributed by atoms with Crippen LogP contribution in [0.2, 0.25) is 0 Å². The van der Waals surface area contributed by atoms with Crippen LogP contribution in [0, 0.1) is 0 Å². The van der Waals surface area contributed by atoms with E-state index in [4.69, 9.17) is 9.47 Å². The second-order valence-electron chi connectivity index (χ2n) is 4.62. The summed E-state index contributed by atoms with van der Waals surface area (Å²) in [7, 11) is 0. The van der Waals surface area contributed by atoms with Gasteiger partial charge in [-0.05, 0) is 33.6 Å². The van der Waals surface area contributed by atoms with Gasteiger partial charge in [-0.1, -0.05) is 0 Å². The first-order chi connectivity index (χ1) is 9.17. The Morgan fingerprint density at radius 1 is 1.42 bits per heavy atom. The second kappa shape index (κ2) is 6.10. The standard InChI is InChI=1S/C14H20N2O3/c1-4-18-9(3)13-15-8-11(14(17)19-5-2)12(16-13)10-6-7-10/h8-10H,4-7H2,1-3H3. The Labute approximate surface area is 113 Å². The van der Waals surface area contributed by atoms with E-state index in [0.717, 1.165) is 18.5 Å². The van der Waals surface area contributed by atoms with Crippen LogP contribution in [0.3, 0.4) is 0 Å². The zero-order valence-corrected chi connectivity index (χ0v) is 11.7. The topological polar surface area (TPSA) is 61.3 Å². The normalized spacial score (nSPS) is 16.2. The molecular weight excluding hydrogens is 244 g/mol. The molecule has 1 aliphatic carbocycles. The average molecular weight is 264 g/mol. The van der Waals surface area contributed by atoms with Crippen molar-refractivity contribution in [2.24, 2.45) is 0 Å². The largest absolute Gasteiger partial charge is 0.462 e. The summed E-state index contributed by atoms with van der Waals surface area (Å²) in [5.41, 5.74) is 1.31. The Kier molecular flexibility index (Phi) is 4.47. The van der Waals surface area contributed by atoms with E-state index in [-0.39, 0.29) is 12.1 Å². The number of rotatable bonds is 6. The van der Waals surface area contributed by atoms with Gasteiger partial charge in [0.05, 0.1) is 17.9 Å². The Balaban J connectivity index is 2.27. The van der Waals surface area contributed by atoms with Crippen LogP contribution in [-0.2, 0) is 9.47 Å². The summed E-state index contributed by atoms with van der Waals surface area (Å²) in [6, 6.07) is 0. The van der Waals surface area contributed by atoms with E-state index >= 15 is 0 Å². The quantitative estimate of drug-likeness (QED) is 0.739. The van der Waals surface area contributed by atoms with E-state index in [1.807, 2.05) is 13.8 Å². The van der Waals surface area contributed by atoms with Gasteiger partial charge in [0.1, 0.15) is 6.10 Å². The van der Waals surface area contributed by atoms with Gasteiger partial charge in [0.25, 0.3) is 0 Å².